The fourth-order valence-electron chi connectivity index (χ4n) is 2.88. The van der Waals surface area contributed by atoms with E-state index < -0.39 is 0 Å². The highest BCUT2D eigenvalue weighted by Gasteiger charge is 2.40. The highest BCUT2D eigenvalue weighted by Crippen LogP contribution is 2.41. The number of allylic oxidation sites excluding steroid dienone is 1. The standard InChI is InChI=1S/C17H20ClNO2/c1-11-7-15(11)17(20)16(10-19-8-14(9-19)21-2)12-3-5-13(18)6-4-12/h3-6,14-16H,1,7-10H2,2H3/t15?,16-/m1/s1. The number of hydrogen-bond acceptors (Lipinski definition) is 3. The van der Waals surface area contributed by atoms with Crippen LogP contribution >= 0.6 is 11.6 Å². The number of nitrogens with zero attached hydrogens (tertiary/aromatic N) is 1. The minimum Gasteiger partial charge on any atom is -0.379 e. The molecule has 3 rings (SSSR count). The van der Waals surface area contributed by atoms with Crippen molar-refractivity contribution in [3.8, 4) is 0 Å². The molecule has 1 unspecified atom stereocenters. The van der Waals surface area contributed by atoms with Crippen molar-refractivity contribution in [2.24, 2.45) is 5.92 Å². The molecule has 1 saturated heterocycles. The summed E-state index contributed by atoms with van der Waals surface area (Å²) in [5.41, 5.74) is 2.11. The van der Waals surface area contributed by atoms with Crippen LogP contribution in [0.2, 0.25) is 5.02 Å². The lowest BCUT2D eigenvalue weighted by molar-refractivity contribution is -0.122. The summed E-state index contributed by atoms with van der Waals surface area (Å²) < 4.78 is 5.30. The first-order chi connectivity index (χ1) is 10.1. The molecule has 1 aromatic carbocycles. The van der Waals surface area contributed by atoms with Gasteiger partial charge in [0.25, 0.3) is 0 Å². The Morgan fingerprint density at radius 3 is 2.57 bits per heavy atom. The molecular weight excluding hydrogens is 286 g/mol. The fraction of sp³-hybridized carbons (Fsp3) is 0.471. The highest BCUT2D eigenvalue weighted by atomic mass is 35.5. The summed E-state index contributed by atoms with van der Waals surface area (Å²) in [4.78, 5) is 15.0. The summed E-state index contributed by atoms with van der Waals surface area (Å²) in [5, 5.41) is 0.698. The molecule has 0 spiro atoms. The number of Topliss-reactive ketones (excluding diaryl/α,β-unsaturated/α-hetero) is 1. The molecular formula is C17H20ClNO2. The average Bonchev–Trinajstić information content (AvgIpc) is 3.15. The molecule has 1 aromatic rings. The second-order valence-corrected chi connectivity index (χ2v) is 6.43. The zero-order valence-electron chi connectivity index (χ0n) is 12.2. The number of halogens is 1. The van der Waals surface area contributed by atoms with E-state index in [0.717, 1.165) is 37.2 Å². The third-order valence-corrected chi connectivity index (χ3v) is 4.71. The van der Waals surface area contributed by atoms with Crippen LogP contribution in [0.25, 0.3) is 0 Å². The van der Waals surface area contributed by atoms with Gasteiger partial charge in [0.15, 0.2) is 0 Å². The van der Waals surface area contributed by atoms with Gasteiger partial charge in [-0.15, -0.1) is 0 Å². The van der Waals surface area contributed by atoms with Crippen LogP contribution in [0.5, 0.6) is 0 Å². The number of rotatable bonds is 6. The number of likely N-dealkylation sites (tertiary alicyclic amines) is 1. The Balaban J connectivity index is 1.73. The molecule has 1 aliphatic heterocycles. The predicted octanol–water partition coefficient (Wildman–Crippen LogP) is 2.90. The predicted molar refractivity (Wildman–Crippen MR) is 83.7 cm³/mol. The van der Waals surface area contributed by atoms with Crippen LogP contribution in [0.3, 0.4) is 0 Å². The van der Waals surface area contributed by atoms with E-state index in [9.17, 15) is 4.79 Å². The van der Waals surface area contributed by atoms with Gasteiger partial charge in [-0.25, -0.2) is 0 Å². The molecule has 3 nitrogen and oxygen atoms in total. The van der Waals surface area contributed by atoms with Crippen molar-refractivity contribution >= 4 is 17.4 Å². The summed E-state index contributed by atoms with van der Waals surface area (Å²) in [7, 11) is 1.73. The molecule has 2 atom stereocenters. The number of methoxy groups -OCH3 is 1. The van der Waals surface area contributed by atoms with Gasteiger partial charge in [-0.2, -0.15) is 0 Å². The van der Waals surface area contributed by atoms with E-state index >= 15 is 0 Å². The minimum atomic E-state index is -0.0932. The molecule has 4 heteroatoms. The summed E-state index contributed by atoms with van der Waals surface area (Å²) in [6.45, 7) is 6.48. The van der Waals surface area contributed by atoms with Crippen LogP contribution in [0, 0.1) is 5.92 Å². The minimum absolute atomic E-state index is 0.0603. The number of hydrogen-bond donors (Lipinski definition) is 0. The molecule has 0 bridgehead atoms. The fourth-order valence-corrected chi connectivity index (χ4v) is 3.01. The van der Waals surface area contributed by atoms with Crippen molar-refractivity contribution in [3.05, 3.63) is 47.0 Å². The van der Waals surface area contributed by atoms with Gasteiger partial charge in [0.1, 0.15) is 5.78 Å². The maximum Gasteiger partial charge on any atom is 0.149 e. The van der Waals surface area contributed by atoms with Gasteiger partial charge in [0.2, 0.25) is 0 Å². The molecule has 112 valence electrons. The molecule has 0 aromatic heterocycles. The van der Waals surface area contributed by atoms with Gasteiger partial charge in [-0.1, -0.05) is 35.9 Å². The molecule has 1 heterocycles. The first-order valence-corrected chi connectivity index (χ1v) is 7.68. The highest BCUT2D eigenvalue weighted by molar-refractivity contribution is 6.30. The van der Waals surface area contributed by atoms with Crippen molar-refractivity contribution in [1.82, 2.24) is 4.90 Å². The van der Waals surface area contributed by atoms with Crippen molar-refractivity contribution in [2.45, 2.75) is 18.4 Å². The molecule has 21 heavy (non-hydrogen) atoms. The van der Waals surface area contributed by atoms with E-state index in [1.807, 2.05) is 24.3 Å². The second-order valence-electron chi connectivity index (χ2n) is 6.00. The molecule has 2 aliphatic rings. The van der Waals surface area contributed by atoms with Gasteiger partial charge < -0.3 is 4.74 Å². The summed E-state index contributed by atoms with van der Waals surface area (Å²) in [6, 6.07) is 7.63. The van der Waals surface area contributed by atoms with E-state index in [4.69, 9.17) is 16.3 Å². The number of ketones is 1. The zero-order valence-corrected chi connectivity index (χ0v) is 13.0. The smallest absolute Gasteiger partial charge is 0.149 e. The van der Waals surface area contributed by atoms with Crippen LogP contribution in [-0.4, -0.2) is 43.5 Å². The number of carbonyl (C=O) groups excluding carboxylic acids is 1. The normalized spacial score (nSPS) is 23.7. The van der Waals surface area contributed by atoms with E-state index in [0.29, 0.717) is 16.9 Å². The van der Waals surface area contributed by atoms with E-state index in [-0.39, 0.29) is 11.8 Å². The van der Waals surface area contributed by atoms with Crippen LogP contribution in [0.1, 0.15) is 17.9 Å². The van der Waals surface area contributed by atoms with Crippen molar-refractivity contribution in [2.75, 3.05) is 26.7 Å². The Bertz CT molecular complexity index is 548. The first kappa shape index (κ1) is 14.8. The van der Waals surface area contributed by atoms with Crippen molar-refractivity contribution < 1.29 is 9.53 Å². The van der Waals surface area contributed by atoms with Gasteiger partial charge >= 0.3 is 0 Å². The van der Waals surface area contributed by atoms with Crippen molar-refractivity contribution in [3.63, 3.8) is 0 Å². The Kier molecular flexibility index (Phi) is 4.16. The van der Waals surface area contributed by atoms with Gasteiger partial charge in [0, 0.05) is 37.7 Å². The van der Waals surface area contributed by atoms with Gasteiger partial charge in [0.05, 0.1) is 12.0 Å². The molecule has 1 aliphatic carbocycles. The topological polar surface area (TPSA) is 29.5 Å². The van der Waals surface area contributed by atoms with Gasteiger partial charge in [-0.05, 0) is 24.1 Å². The summed E-state index contributed by atoms with van der Waals surface area (Å²) in [5.74, 6) is 0.262. The van der Waals surface area contributed by atoms with E-state index in [2.05, 4.69) is 11.5 Å². The van der Waals surface area contributed by atoms with Gasteiger partial charge in [-0.3, -0.25) is 9.69 Å². The number of carbonyl (C=O) groups is 1. The third-order valence-electron chi connectivity index (χ3n) is 4.46. The zero-order chi connectivity index (χ0) is 15.0. The Morgan fingerprint density at radius 2 is 2.05 bits per heavy atom. The largest absolute Gasteiger partial charge is 0.379 e. The average molecular weight is 306 g/mol. The van der Waals surface area contributed by atoms with Crippen LogP contribution in [0.4, 0.5) is 0 Å². The van der Waals surface area contributed by atoms with Crippen LogP contribution in [-0.2, 0) is 9.53 Å². The van der Waals surface area contributed by atoms with E-state index in [1.165, 1.54) is 0 Å². The number of ether oxygens (including phenoxy) is 1. The SMILES string of the molecule is C=C1CC1C(=O)[C@H](CN1CC(OC)C1)c1ccc(Cl)cc1. The van der Waals surface area contributed by atoms with Crippen LogP contribution in [0.15, 0.2) is 36.4 Å². The molecule has 0 N–H and O–H groups in total. The monoisotopic (exact) mass is 305 g/mol. The molecule has 1 saturated carbocycles. The first-order valence-electron chi connectivity index (χ1n) is 7.30. The summed E-state index contributed by atoms with van der Waals surface area (Å²) >= 11 is 5.95. The molecule has 0 radical (unpaired) electrons. The molecule has 2 fully saturated rings. The maximum atomic E-state index is 12.7. The lowest BCUT2D eigenvalue weighted by atomic mass is 9.90. The Morgan fingerprint density at radius 1 is 1.43 bits per heavy atom. The Labute approximate surface area is 130 Å². The quantitative estimate of drug-likeness (QED) is 0.757. The number of benzene rings is 1. The Hall–Kier alpha value is -1.16. The maximum absolute atomic E-state index is 12.7. The third kappa shape index (κ3) is 3.20. The lowest BCUT2D eigenvalue weighted by Gasteiger charge is -2.40. The van der Waals surface area contributed by atoms with E-state index in [1.54, 1.807) is 7.11 Å². The van der Waals surface area contributed by atoms with Crippen molar-refractivity contribution in [1.29, 1.82) is 0 Å². The second kappa shape index (κ2) is 5.91. The molecule has 0 amide bonds. The van der Waals surface area contributed by atoms with Crippen LogP contribution < -0.4 is 0 Å². The summed E-state index contributed by atoms with van der Waals surface area (Å²) in [6.07, 6.45) is 1.16. The lowest BCUT2D eigenvalue weighted by Crippen LogP contribution is -2.53.